The zero-order chi connectivity index (χ0) is 24.7. The Kier molecular flexibility index (Phi) is 8.83. The summed E-state index contributed by atoms with van der Waals surface area (Å²) < 4.78 is 16.3. The van der Waals surface area contributed by atoms with Gasteiger partial charge in [-0.2, -0.15) is 0 Å². The molecule has 3 aliphatic rings. The average Bonchev–Trinajstić information content (AvgIpc) is 3.21. The van der Waals surface area contributed by atoms with E-state index in [4.69, 9.17) is 19.3 Å². The van der Waals surface area contributed by atoms with Crippen LogP contribution in [0.5, 0.6) is 11.5 Å². The first-order chi connectivity index (χ1) is 16.3. The van der Waals surface area contributed by atoms with Crippen molar-refractivity contribution in [2.24, 2.45) is 5.92 Å². The van der Waals surface area contributed by atoms with Gasteiger partial charge in [-0.05, 0) is 63.0 Å². The minimum atomic E-state index is -0.602. The van der Waals surface area contributed by atoms with Gasteiger partial charge in [0.15, 0.2) is 11.5 Å². The van der Waals surface area contributed by atoms with Crippen LogP contribution in [0.25, 0.3) is 0 Å². The number of ether oxygens (including phenoxy) is 3. The van der Waals surface area contributed by atoms with Crippen molar-refractivity contribution in [1.29, 1.82) is 0 Å². The average molecular weight is 475 g/mol. The number of carbonyl (C=O) groups excluding carboxylic acids is 1. The highest BCUT2D eigenvalue weighted by atomic mass is 16.6. The Bertz CT molecular complexity index is 895. The summed E-state index contributed by atoms with van der Waals surface area (Å²) in [6.07, 6.45) is 9.50. The second kappa shape index (κ2) is 11.6. The summed E-state index contributed by atoms with van der Waals surface area (Å²) in [5, 5.41) is 11.0. The third kappa shape index (κ3) is 5.66. The number of carboxylic acids is 1. The lowest BCUT2D eigenvalue weighted by Gasteiger charge is -2.40. The molecule has 1 aliphatic heterocycles. The van der Waals surface area contributed by atoms with Gasteiger partial charge < -0.3 is 29.5 Å². The van der Waals surface area contributed by atoms with Crippen LogP contribution < -0.4 is 14.8 Å². The lowest BCUT2D eigenvalue weighted by molar-refractivity contribution is -0.142. The van der Waals surface area contributed by atoms with Crippen LogP contribution in [-0.2, 0) is 14.9 Å². The highest BCUT2D eigenvalue weighted by Crippen LogP contribution is 2.49. The van der Waals surface area contributed by atoms with E-state index in [0.29, 0.717) is 0 Å². The fourth-order valence-corrected chi connectivity index (χ4v) is 5.48. The Hall–Kier alpha value is -2.74. The zero-order valence-corrected chi connectivity index (χ0v) is 20.8. The molecular formula is C26H38N2O6. The summed E-state index contributed by atoms with van der Waals surface area (Å²) in [6, 6.07) is 6.48. The number of carboxylic acid groups (broad SMARTS) is 1. The SMILES string of the molecule is CNC(=O)OC1=CCC2(c3ccc(OC)c(OC)c3)CCN(C)C2C1.O=C(O)C1CCCCC1. The number of nitrogens with one attached hydrogen (secondary N) is 1. The highest BCUT2D eigenvalue weighted by Gasteiger charge is 2.49. The molecule has 0 spiro atoms. The maximum absolute atomic E-state index is 11.5. The molecule has 2 aliphatic carbocycles. The van der Waals surface area contributed by atoms with E-state index in [1.54, 1.807) is 21.3 Å². The number of allylic oxidation sites excluding steroid dienone is 1. The fraction of sp³-hybridized carbons (Fsp3) is 0.615. The second-order valence-electron chi connectivity index (χ2n) is 9.36. The monoisotopic (exact) mass is 474 g/mol. The number of fused-ring (bicyclic) bond motifs is 1. The Morgan fingerprint density at radius 2 is 1.82 bits per heavy atom. The Balaban J connectivity index is 0.000000302. The molecule has 0 radical (unpaired) electrons. The molecule has 0 bridgehead atoms. The van der Waals surface area contributed by atoms with Gasteiger partial charge in [0, 0.05) is 24.9 Å². The number of hydrogen-bond acceptors (Lipinski definition) is 6. The number of rotatable bonds is 5. The fourth-order valence-electron chi connectivity index (χ4n) is 5.48. The number of methoxy groups -OCH3 is 2. The molecule has 1 aromatic rings. The summed E-state index contributed by atoms with van der Waals surface area (Å²) in [5.74, 6) is 1.60. The van der Waals surface area contributed by atoms with Crippen LogP contribution in [0.4, 0.5) is 4.79 Å². The third-order valence-corrected chi connectivity index (χ3v) is 7.51. The minimum Gasteiger partial charge on any atom is -0.493 e. The van der Waals surface area contributed by atoms with Crippen molar-refractivity contribution >= 4 is 12.1 Å². The first-order valence-electron chi connectivity index (χ1n) is 12.1. The van der Waals surface area contributed by atoms with Crippen molar-refractivity contribution in [2.75, 3.05) is 34.9 Å². The van der Waals surface area contributed by atoms with E-state index >= 15 is 0 Å². The smallest absolute Gasteiger partial charge is 0.412 e. The molecule has 8 heteroatoms. The van der Waals surface area contributed by atoms with Crippen molar-refractivity contribution in [3.8, 4) is 11.5 Å². The molecule has 8 nitrogen and oxygen atoms in total. The molecule has 2 fully saturated rings. The second-order valence-corrected chi connectivity index (χ2v) is 9.36. The zero-order valence-electron chi connectivity index (χ0n) is 20.8. The van der Waals surface area contributed by atoms with Crippen LogP contribution in [0.1, 0.15) is 56.9 Å². The molecule has 1 saturated heterocycles. The number of hydrogen-bond donors (Lipinski definition) is 2. The van der Waals surface area contributed by atoms with Gasteiger partial charge in [-0.15, -0.1) is 0 Å². The van der Waals surface area contributed by atoms with Crippen LogP contribution in [0, 0.1) is 5.92 Å². The van der Waals surface area contributed by atoms with Crippen molar-refractivity contribution in [1.82, 2.24) is 10.2 Å². The van der Waals surface area contributed by atoms with Crippen LogP contribution >= 0.6 is 0 Å². The molecule has 1 aromatic carbocycles. The molecule has 0 aromatic heterocycles. The van der Waals surface area contributed by atoms with Crippen LogP contribution in [0.3, 0.4) is 0 Å². The molecule has 2 atom stereocenters. The van der Waals surface area contributed by atoms with E-state index in [0.717, 1.165) is 68.7 Å². The van der Waals surface area contributed by atoms with E-state index in [-0.39, 0.29) is 17.4 Å². The number of likely N-dealkylation sites (tertiary alicyclic amines) is 1. The standard InChI is InChI=1S/C19H26N2O4.C7H12O2/c1-20-18(22)25-14-7-8-19(9-10-21(2)17(19)12-14)13-5-6-15(23-3)16(11-13)24-4;8-7(9)6-4-2-1-3-5-6/h5-7,11,17H,8-10,12H2,1-4H3,(H,20,22);6H,1-5H2,(H,8,9). The lowest BCUT2D eigenvalue weighted by atomic mass is 9.68. The maximum atomic E-state index is 11.5. The Morgan fingerprint density at radius 3 is 2.41 bits per heavy atom. The van der Waals surface area contributed by atoms with Gasteiger partial charge in [-0.25, -0.2) is 4.79 Å². The third-order valence-electron chi connectivity index (χ3n) is 7.51. The number of carbonyl (C=O) groups is 2. The topological polar surface area (TPSA) is 97.3 Å². The van der Waals surface area contributed by atoms with Gasteiger partial charge in [0.05, 0.1) is 20.1 Å². The Labute approximate surface area is 202 Å². The highest BCUT2D eigenvalue weighted by molar-refractivity contribution is 5.70. The normalized spacial score (nSPS) is 24.7. The van der Waals surface area contributed by atoms with E-state index < -0.39 is 12.1 Å². The summed E-state index contributed by atoms with van der Waals surface area (Å²) in [7, 11) is 7.01. The van der Waals surface area contributed by atoms with Crippen LogP contribution in [0.15, 0.2) is 30.0 Å². The number of alkyl carbamates (subject to hydrolysis) is 1. The van der Waals surface area contributed by atoms with Crippen LogP contribution in [-0.4, -0.2) is 63.0 Å². The largest absolute Gasteiger partial charge is 0.493 e. The van der Waals surface area contributed by atoms with Crippen molar-refractivity contribution < 1.29 is 28.9 Å². The number of benzene rings is 1. The molecule has 2 unspecified atom stereocenters. The molecule has 188 valence electrons. The van der Waals surface area contributed by atoms with Crippen molar-refractivity contribution in [3.63, 3.8) is 0 Å². The lowest BCUT2D eigenvalue weighted by Crippen LogP contribution is -2.43. The number of likely N-dealkylation sites (N-methyl/N-ethyl adjacent to an activating group) is 1. The molecule has 1 heterocycles. The first-order valence-corrected chi connectivity index (χ1v) is 12.1. The molecule has 34 heavy (non-hydrogen) atoms. The quantitative estimate of drug-likeness (QED) is 0.655. The maximum Gasteiger partial charge on any atom is 0.412 e. The number of amides is 1. The van der Waals surface area contributed by atoms with Gasteiger partial charge in [0.1, 0.15) is 5.76 Å². The minimum absolute atomic E-state index is 0.00382. The number of nitrogens with zero attached hydrogens (tertiary/aromatic N) is 1. The molecular weight excluding hydrogens is 436 g/mol. The first kappa shape index (κ1) is 25.9. The van der Waals surface area contributed by atoms with E-state index in [2.05, 4.69) is 35.5 Å². The van der Waals surface area contributed by atoms with E-state index in [1.165, 1.54) is 12.0 Å². The molecule has 1 saturated carbocycles. The van der Waals surface area contributed by atoms with E-state index in [9.17, 15) is 9.59 Å². The molecule has 1 amide bonds. The summed E-state index contributed by atoms with van der Waals surface area (Å²) in [4.78, 5) is 24.3. The van der Waals surface area contributed by atoms with Gasteiger partial charge >= 0.3 is 12.1 Å². The van der Waals surface area contributed by atoms with Gasteiger partial charge in [-0.1, -0.05) is 25.3 Å². The van der Waals surface area contributed by atoms with Crippen LogP contribution in [0.2, 0.25) is 0 Å². The van der Waals surface area contributed by atoms with Gasteiger partial charge in [0.2, 0.25) is 0 Å². The Morgan fingerprint density at radius 1 is 1.12 bits per heavy atom. The van der Waals surface area contributed by atoms with Crippen molar-refractivity contribution in [3.05, 3.63) is 35.6 Å². The molecule has 4 rings (SSSR count). The number of aliphatic carboxylic acids is 1. The van der Waals surface area contributed by atoms with Gasteiger partial charge in [-0.3, -0.25) is 4.79 Å². The molecule has 2 N–H and O–H groups in total. The van der Waals surface area contributed by atoms with E-state index in [1.807, 2.05) is 6.07 Å². The summed E-state index contributed by atoms with van der Waals surface area (Å²) in [5.41, 5.74) is 1.25. The predicted molar refractivity (Wildman–Crippen MR) is 129 cm³/mol. The summed E-state index contributed by atoms with van der Waals surface area (Å²) in [6.45, 7) is 1.01. The van der Waals surface area contributed by atoms with Crippen molar-refractivity contribution in [2.45, 2.75) is 62.8 Å². The summed E-state index contributed by atoms with van der Waals surface area (Å²) >= 11 is 0. The predicted octanol–water partition coefficient (Wildman–Crippen LogP) is 4.33. The van der Waals surface area contributed by atoms with Gasteiger partial charge in [0.25, 0.3) is 0 Å².